The predicted octanol–water partition coefficient (Wildman–Crippen LogP) is 1.54. The van der Waals surface area contributed by atoms with E-state index in [1.807, 2.05) is 6.07 Å². The first-order valence-corrected chi connectivity index (χ1v) is 5.01. The van der Waals surface area contributed by atoms with Crippen LogP contribution in [0.1, 0.15) is 4.88 Å². The third-order valence-electron chi connectivity index (χ3n) is 1.53. The monoisotopic (exact) mass is 197 g/mol. The highest BCUT2D eigenvalue weighted by atomic mass is 32.1. The number of fused-ring (bicyclic) bond motifs is 1. The van der Waals surface area contributed by atoms with Gasteiger partial charge in [0.25, 0.3) is 0 Å². The van der Waals surface area contributed by atoms with E-state index in [2.05, 4.69) is 16.5 Å². The van der Waals surface area contributed by atoms with Gasteiger partial charge in [-0.3, -0.25) is 0 Å². The molecule has 2 heterocycles. The molecule has 2 aromatic heterocycles. The standard InChI is InChI=1S/C7H7N3S2/c8-7(10-9)6-3-5-4(12-6)1-2-11-5/h1-3H,9H2,(H2,8,10). The van der Waals surface area contributed by atoms with E-state index in [1.165, 1.54) is 9.40 Å². The molecule has 0 aliphatic carbocycles. The van der Waals surface area contributed by atoms with Gasteiger partial charge in [0.1, 0.15) is 0 Å². The Morgan fingerprint density at radius 3 is 2.92 bits per heavy atom. The van der Waals surface area contributed by atoms with Crippen molar-refractivity contribution in [2.24, 2.45) is 16.7 Å². The van der Waals surface area contributed by atoms with Crippen LogP contribution in [0.2, 0.25) is 0 Å². The Balaban J connectivity index is 2.58. The van der Waals surface area contributed by atoms with E-state index in [-0.39, 0.29) is 0 Å². The summed E-state index contributed by atoms with van der Waals surface area (Å²) >= 11 is 3.31. The zero-order valence-corrected chi connectivity index (χ0v) is 7.78. The second kappa shape index (κ2) is 2.76. The topological polar surface area (TPSA) is 64.4 Å². The van der Waals surface area contributed by atoms with Crippen molar-refractivity contribution in [3.63, 3.8) is 0 Å². The Labute approximate surface area is 77.3 Å². The van der Waals surface area contributed by atoms with Crippen LogP contribution >= 0.6 is 22.7 Å². The van der Waals surface area contributed by atoms with Crippen LogP contribution in [0.25, 0.3) is 9.40 Å². The van der Waals surface area contributed by atoms with Gasteiger partial charge in [-0.1, -0.05) is 0 Å². The van der Waals surface area contributed by atoms with Gasteiger partial charge in [-0.2, -0.15) is 5.10 Å². The summed E-state index contributed by atoms with van der Waals surface area (Å²) in [4.78, 5) is 0.944. The number of rotatable bonds is 1. The van der Waals surface area contributed by atoms with Crippen molar-refractivity contribution in [1.29, 1.82) is 0 Å². The van der Waals surface area contributed by atoms with E-state index >= 15 is 0 Å². The fourth-order valence-electron chi connectivity index (χ4n) is 0.956. The Morgan fingerprint density at radius 2 is 2.25 bits per heavy atom. The number of nitrogens with zero attached hydrogens (tertiary/aromatic N) is 1. The third kappa shape index (κ3) is 1.07. The second-order valence-corrected chi connectivity index (χ2v) is 4.31. The minimum absolute atomic E-state index is 0.406. The molecule has 62 valence electrons. The quantitative estimate of drug-likeness (QED) is 0.315. The highest BCUT2D eigenvalue weighted by molar-refractivity contribution is 7.27. The Hall–Kier alpha value is -1.07. The summed E-state index contributed by atoms with van der Waals surface area (Å²) in [5.74, 6) is 5.47. The van der Waals surface area contributed by atoms with Crippen LogP contribution in [0.5, 0.6) is 0 Å². The van der Waals surface area contributed by atoms with E-state index in [4.69, 9.17) is 11.6 Å². The van der Waals surface area contributed by atoms with Crippen LogP contribution < -0.4 is 11.6 Å². The van der Waals surface area contributed by atoms with Gasteiger partial charge in [0.15, 0.2) is 5.84 Å². The molecule has 0 spiro atoms. The highest BCUT2D eigenvalue weighted by Gasteiger charge is 2.04. The third-order valence-corrected chi connectivity index (χ3v) is 3.65. The maximum Gasteiger partial charge on any atom is 0.160 e. The average Bonchev–Trinajstić information content (AvgIpc) is 2.60. The summed E-state index contributed by atoms with van der Waals surface area (Å²) in [6.07, 6.45) is 0. The number of amidine groups is 1. The number of nitrogens with two attached hydrogens (primary N) is 2. The average molecular weight is 197 g/mol. The van der Waals surface area contributed by atoms with Gasteiger partial charge in [-0.15, -0.1) is 22.7 Å². The molecule has 0 aromatic carbocycles. The van der Waals surface area contributed by atoms with Gasteiger partial charge < -0.3 is 11.6 Å². The van der Waals surface area contributed by atoms with Crippen molar-refractivity contribution < 1.29 is 0 Å². The fraction of sp³-hybridized carbons (Fsp3) is 0. The number of thiophene rings is 2. The van der Waals surface area contributed by atoms with Crippen molar-refractivity contribution in [1.82, 2.24) is 0 Å². The first-order valence-electron chi connectivity index (χ1n) is 3.32. The number of hydrazone groups is 1. The lowest BCUT2D eigenvalue weighted by molar-refractivity contribution is 1.23. The molecule has 2 rings (SSSR count). The summed E-state index contributed by atoms with van der Waals surface area (Å²) in [6.45, 7) is 0. The Bertz CT molecular complexity index is 398. The maximum absolute atomic E-state index is 5.56. The Kier molecular flexibility index (Phi) is 1.74. The van der Waals surface area contributed by atoms with E-state index < -0.39 is 0 Å². The first kappa shape index (κ1) is 7.57. The molecule has 0 atom stereocenters. The van der Waals surface area contributed by atoms with Crippen molar-refractivity contribution in [3.05, 3.63) is 22.4 Å². The zero-order chi connectivity index (χ0) is 8.55. The van der Waals surface area contributed by atoms with Crippen LogP contribution in [-0.2, 0) is 0 Å². The molecule has 0 unspecified atom stereocenters. The van der Waals surface area contributed by atoms with Crippen molar-refractivity contribution >= 4 is 37.9 Å². The lowest BCUT2D eigenvalue weighted by atomic mass is 10.4. The SMILES string of the molecule is N/N=C(/N)c1cc2sccc2s1. The van der Waals surface area contributed by atoms with E-state index in [0.717, 1.165) is 4.88 Å². The van der Waals surface area contributed by atoms with Gasteiger partial charge in [0, 0.05) is 9.40 Å². The van der Waals surface area contributed by atoms with Crippen LogP contribution in [0, 0.1) is 0 Å². The first-order chi connectivity index (χ1) is 5.81. The molecule has 0 saturated carbocycles. The zero-order valence-electron chi connectivity index (χ0n) is 6.15. The van der Waals surface area contributed by atoms with Gasteiger partial charge in [0.2, 0.25) is 0 Å². The highest BCUT2D eigenvalue weighted by Crippen LogP contribution is 2.29. The van der Waals surface area contributed by atoms with E-state index in [9.17, 15) is 0 Å². The molecule has 0 aliphatic rings. The largest absolute Gasteiger partial charge is 0.381 e. The maximum atomic E-state index is 5.56. The molecule has 0 saturated heterocycles. The molecule has 0 bridgehead atoms. The molecular weight excluding hydrogens is 190 g/mol. The van der Waals surface area contributed by atoms with Crippen LogP contribution in [0.3, 0.4) is 0 Å². The normalized spacial score (nSPS) is 12.5. The predicted molar refractivity (Wildman–Crippen MR) is 54.6 cm³/mol. The second-order valence-electron chi connectivity index (χ2n) is 2.27. The molecule has 0 fully saturated rings. The van der Waals surface area contributed by atoms with Gasteiger partial charge in [0.05, 0.1) is 4.88 Å². The lowest BCUT2D eigenvalue weighted by Gasteiger charge is -1.89. The molecule has 0 amide bonds. The summed E-state index contributed by atoms with van der Waals surface area (Å²) in [5.41, 5.74) is 5.56. The minimum atomic E-state index is 0.406. The van der Waals surface area contributed by atoms with Crippen LogP contribution in [0.4, 0.5) is 0 Å². The fourth-order valence-corrected chi connectivity index (χ4v) is 2.97. The summed E-state index contributed by atoms with van der Waals surface area (Å²) < 4.78 is 2.48. The lowest BCUT2D eigenvalue weighted by Crippen LogP contribution is -2.13. The van der Waals surface area contributed by atoms with Gasteiger partial charge in [-0.25, -0.2) is 0 Å². The number of hydrogen-bond donors (Lipinski definition) is 2. The molecule has 12 heavy (non-hydrogen) atoms. The molecule has 5 heteroatoms. The van der Waals surface area contributed by atoms with E-state index in [0.29, 0.717) is 5.84 Å². The van der Waals surface area contributed by atoms with Gasteiger partial charge >= 0.3 is 0 Å². The van der Waals surface area contributed by atoms with Crippen LogP contribution in [0.15, 0.2) is 22.6 Å². The molecule has 4 N–H and O–H groups in total. The molecule has 0 radical (unpaired) electrons. The number of hydrogen-bond acceptors (Lipinski definition) is 4. The van der Waals surface area contributed by atoms with Gasteiger partial charge in [-0.05, 0) is 17.5 Å². The smallest absolute Gasteiger partial charge is 0.160 e. The van der Waals surface area contributed by atoms with Crippen molar-refractivity contribution in [2.75, 3.05) is 0 Å². The summed E-state index contributed by atoms with van der Waals surface area (Å²) in [7, 11) is 0. The van der Waals surface area contributed by atoms with Crippen molar-refractivity contribution in [3.8, 4) is 0 Å². The molecule has 2 aromatic rings. The summed E-state index contributed by atoms with van der Waals surface area (Å²) in [5, 5.41) is 5.50. The van der Waals surface area contributed by atoms with E-state index in [1.54, 1.807) is 22.7 Å². The molecule has 3 nitrogen and oxygen atoms in total. The Morgan fingerprint density at radius 1 is 1.42 bits per heavy atom. The molecule has 0 aliphatic heterocycles. The molecular formula is C7H7N3S2. The minimum Gasteiger partial charge on any atom is -0.381 e. The van der Waals surface area contributed by atoms with Crippen molar-refractivity contribution in [2.45, 2.75) is 0 Å². The van der Waals surface area contributed by atoms with Crippen LogP contribution in [-0.4, -0.2) is 5.84 Å². The summed E-state index contributed by atoms with van der Waals surface area (Å²) in [6, 6.07) is 4.08.